The van der Waals surface area contributed by atoms with E-state index >= 15 is 0 Å². The van der Waals surface area contributed by atoms with Gasteiger partial charge in [-0.25, -0.2) is 0 Å². The van der Waals surface area contributed by atoms with Gasteiger partial charge in [0.25, 0.3) is 0 Å². The Balaban J connectivity index is 2.07. The molecule has 0 spiro atoms. The van der Waals surface area contributed by atoms with Crippen molar-refractivity contribution in [2.45, 2.75) is 64.5 Å². The van der Waals surface area contributed by atoms with Gasteiger partial charge in [0.1, 0.15) is 0 Å². The minimum atomic E-state index is 0.244. The van der Waals surface area contributed by atoms with Crippen molar-refractivity contribution in [3.8, 4) is 0 Å². The molecule has 3 nitrogen and oxygen atoms in total. The molecule has 2 rings (SSSR count). The Kier molecular flexibility index (Phi) is 4.59. The van der Waals surface area contributed by atoms with E-state index in [1.54, 1.807) is 0 Å². The van der Waals surface area contributed by atoms with Gasteiger partial charge in [0.15, 0.2) is 0 Å². The fourth-order valence-electron chi connectivity index (χ4n) is 4.36. The van der Waals surface area contributed by atoms with Gasteiger partial charge in [0.2, 0.25) is 0 Å². The highest BCUT2D eigenvalue weighted by Gasteiger charge is 2.47. The van der Waals surface area contributed by atoms with Crippen LogP contribution in [-0.2, 0) is 4.74 Å². The van der Waals surface area contributed by atoms with Gasteiger partial charge in [-0.15, -0.1) is 0 Å². The third kappa shape index (κ3) is 2.98. The minimum Gasteiger partial charge on any atom is -0.381 e. The molecule has 0 radical (unpaired) electrons. The van der Waals surface area contributed by atoms with Crippen LogP contribution in [-0.4, -0.2) is 43.3 Å². The molecule has 112 valence electrons. The number of piperidine rings is 1. The first kappa shape index (κ1) is 15.3. The average Bonchev–Trinajstić information content (AvgIpc) is 2.39. The second kappa shape index (κ2) is 5.71. The number of nitrogens with zero attached hydrogens (tertiary/aromatic N) is 1. The lowest BCUT2D eigenvalue weighted by Gasteiger charge is -2.55. The third-order valence-electron chi connectivity index (χ3n) is 5.77. The lowest BCUT2D eigenvalue weighted by molar-refractivity contribution is -0.0572. The lowest BCUT2D eigenvalue weighted by atomic mass is 9.63. The molecule has 2 unspecified atom stereocenters. The van der Waals surface area contributed by atoms with Gasteiger partial charge in [-0.2, -0.15) is 0 Å². The van der Waals surface area contributed by atoms with Crippen molar-refractivity contribution in [3.63, 3.8) is 0 Å². The van der Waals surface area contributed by atoms with Crippen LogP contribution in [0.2, 0.25) is 0 Å². The highest BCUT2D eigenvalue weighted by atomic mass is 16.5. The van der Waals surface area contributed by atoms with Crippen molar-refractivity contribution < 1.29 is 4.74 Å². The van der Waals surface area contributed by atoms with Gasteiger partial charge < -0.3 is 10.5 Å². The summed E-state index contributed by atoms with van der Waals surface area (Å²) >= 11 is 0. The van der Waals surface area contributed by atoms with Crippen LogP contribution in [0.4, 0.5) is 0 Å². The number of methoxy groups -OCH3 is 1. The predicted molar refractivity (Wildman–Crippen MR) is 80.2 cm³/mol. The quantitative estimate of drug-likeness (QED) is 0.855. The maximum Gasteiger partial charge on any atom is 0.0595 e. The van der Waals surface area contributed by atoms with E-state index in [2.05, 4.69) is 25.7 Å². The molecule has 0 aromatic rings. The van der Waals surface area contributed by atoms with Crippen molar-refractivity contribution in [2.75, 3.05) is 26.7 Å². The van der Waals surface area contributed by atoms with Gasteiger partial charge in [-0.05, 0) is 43.4 Å². The van der Waals surface area contributed by atoms with E-state index in [9.17, 15) is 0 Å². The molecule has 3 heteroatoms. The van der Waals surface area contributed by atoms with E-state index in [4.69, 9.17) is 10.5 Å². The first-order chi connectivity index (χ1) is 8.93. The van der Waals surface area contributed by atoms with Crippen LogP contribution < -0.4 is 5.73 Å². The molecular weight excluding hydrogens is 236 g/mol. The summed E-state index contributed by atoms with van der Waals surface area (Å²) < 4.78 is 5.50. The predicted octanol–water partition coefficient (Wildman–Crippen LogP) is 2.64. The zero-order chi connectivity index (χ0) is 14.1. The number of hydrogen-bond acceptors (Lipinski definition) is 3. The Bertz CT molecular complexity index is 297. The maximum absolute atomic E-state index is 6.24. The summed E-state index contributed by atoms with van der Waals surface area (Å²) in [6.45, 7) is 10.3. The Morgan fingerprint density at radius 1 is 1.21 bits per heavy atom. The van der Waals surface area contributed by atoms with Crippen LogP contribution >= 0.6 is 0 Å². The van der Waals surface area contributed by atoms with Gasteiger partial charge in [0.05, 0.1) is 6.10 Å². The molecule has 2 N–H and O–H groups in total. The Morgan fingerprint density at radius 3 is 2.32 bits per heavy atom. The second-order valence-electron chi connectivity index (χ2n) is 7.50. The summed E-state index contributed by atoms with van der Waals surface area (Å²) in [6.07, 6.45) is 6.65. The molecule has 2 atom stereocenters. The molecule has 19 heavy (non-hydrogen) atoms. The summed E-state index contributed by atoms with van der Waals surface area (Å²) in [4.78, 5) is 2.68. The highest BCUT2D eigenvalue weighted by molar-refractivity contribution is 5.03. The van der Waals surface area contributed by atoms with E-state index < -0.39 is 0 Å². The van der Waals surface area contributed by atoms with Gasteiger partial charge in [0, 0.05) is 32.3 Å². The molecule has 1 saturated carbocycles. The Labute approximate surface area is 118 Å². The fourth-order valence-corrected chi connectivity index (χ4v) is 4.36. The SMILES string of the molecule is COC1CCN(C2(CN)CCC(C)(C)CC2C)CC1. The standard InChI is InChI=1S/C16H32N2O/c1-13-11-15(2,3)7-8-16(13,12-17)18-9-5-14(19-4)6-10-18/h13-14H,5-12,17H2,1-4H3. The van der Waals surface area contributed by atoms with Gasteiger partial charge >= 0.3 is 0 Å². The molecule has 0 amide bonds. The van der Waals surface area contributed by atoms with Crippen molar-refractivity contribution in [2.24, 2.45) is 17.1 Å². The van der Waals surface area contributed by atoms with Crippen LogP contribution in [0.3, 0.4) is 0 Å². The summed E-state index contributed by atoms with van der Waals surface area (Å²) in [5.41, 5.74) is 6.98. The topological polar surface area (TPSA) is 38.5 Å². The van der Waals surface area contributed by atoms with Crippen LogP contribution in [0.5, 0.6) is 0 Å². The summed E-state index contributed by atoms with van der Waals surface area (Å²) in [6, 6.07) is 0. The van der Waals surface area contributed by atoms with E-state index in [1.807, 2.05) is 7.11 Å². The van der Waals surface area contributed by atoms with Crippen LogP contribution in [0.25, 0.3) is 0 Å². The largest absolute Gasteiger partial charge is 0.381 e. The molecule has 1 aliphatic carbocycles. The Hall–Kier alpha value is -0.120. The first-order valence-electron chi connectivity index (χ1n) is 7.91. The van der Waals surface area contributed by atoms with Crippen molar-refractivity contribution >= 4 is 0 Å². The lowest BCUT2D eigenvalue weighted by Crippen LogP contribution is -2.62. The number of ether oxygens (including phenoxy) is 1. The smallest absolute Gasteiger partial charge is 0.0595 e. The Morgan fingerprint density at radius 2 is 1.84 bits per heavy atom. The molecule has 1 saturated heterocycles. The summed E-state index contributed by atoms with van der Waals surface area (Å²) in [7, 11) is 1.84. The molecular formula is C16H32N2O. The van der Waals surface area contributed by atoms with Crippen LogP contribution in [0.1, 0.15) is 52.9 Å². The second-order valence-corrected chi connectivity index (χ2v) is 7.50. The van der Waals surface area contributed by atoms with Crippen molar-refractivity contribution in [3.05, 3.63) is 0 Å². The van der Waals surface area contributed by atoms with Crippen LogP contribution in [0, 0.1) is 11.3 Å². The van der Waals surface area contributed by atoms with Gasteiger partial charge in [-0.1, -0.05) is 20.8 Å². The number of likely N-dealkylation sites (tertiary alicyclic amines) is 1. The van der Waals surface area contributed by atoms with E-state index in [0.717, 1.165) is 32.5 Å². The zero-order valence-electron chi connectivity index (χ0n) is 13.2. The number of nitrogens with two attached hydrogens (primary N) is 1. The molecule has 1 aliphatic heterocycles. The van der Waals surface area contributed by atoms with Gasteiger partial charge in [-0.3, -0.25) is 4.90 Å². The number of hydrogen-bond donors (Lipinski definition) is 1. The molecule has 0 aromatic heterocycles. The maximum atomic E-state index is 6.24. The monoisotopic (exact) mass is 268 g/mol. The number of rotatable bonds is 3. The summed E-state index contributed by atoms with van der Waals surface area (Å²) in [5, 5.41) is 0. The van der Waals surface area contributed by atoms with Crippen molar-refractivity contribution in [1.29, 1.82) is 0 Å². The molecule has 2 aliphatic rings. The van der Waals surface area contributed by atoms with E-state index in [-0.39, 0.29) is 5.54 Å². The van der Waals surface area contributed by atoms with E-state index in [0.29, 0.717) is 17.4 Å². The van der Waals surface area contributed by atoms with E-state index in [1.165, 1.54) is 19.3 Å². The minimum absolute atomic E-state index is 0.244. The third-order valence-corrected chi connectivity index (χ3v) is 5.77. The zero-order valence-corrected chi connectivity index (χ0v) is 13.2. The fraction of sp³-hybridized carbons (Fsp3) is 1.00. The van der Waals surface area contributed by atoms with Crippen LogP contribution in [0.15, 0.2) is 0 Å². The highest BCUT2D eigenvalue weighted by Crippen LogP contribution is 2.46. The summed E-state index contributed by atoms with van der Waals surface area (Å²) in [5.74, 6) is 0.695. The molecule has 0 aromatic carbocycles. The molecule has 1 heterocycles. The molecule has 0 bridgehead atoms. The normalized spacial score (nSPS) is 37.4. The first-order valence-corrected chi connectivity index (χ1v) is 7.91. The molecule has 2 fully saturated rings. The van der Waals surface area contributed by atoms with Crippen molar-refractivity contribution in [1.82, 2.24) is 4.90 Å². The average molecular weight is 268 g/mol.